The highest BCUT2D eigenvalue weighted by Crippen LogP contribution is 2.25. The molecule has 0 radical (unpaired) electrons. The van der Waals surface area contributed by atoms with Gasteiger partial charge in [-0.15, -0.1) is 0 Å². The Morgan fingerprint density at radius 1 is 0.938 bits per heavy atom. The summed E-state index contributed by atoms with van der Waals surface area (Å²) in [6.45, 7) is 13.9. The molecule has 0 saturated heterocycles. The second kappa shape index (κ2) is 8.14. The van der Waals surface area contributed by atoms with Gasteiger partial charge in [0.25, 0.3) is 11.9 Å². The number of pyridine rings is 1. The van der Waals surface area contributed by atoms with Gasteiger partial charge < -0.3 is 5.32 Å². The van der Waals surface area contributed by atoms with Crippen molar-refractivity contribution in [2.45, 2.75) is 60.4 Å². The van der Waals surface area contributed by atoms with E-state index in [2.05, 4.69) is 39.3 Å². The van der Waals surface area contributed by atoms with E-state index in [1.165, 1.54) is 0 Å². The average Bonchev–Trinajstić information content (AvgIpc) is 3.29. The number of nitrogens with one attached hydrogen (secondary N) is 1. The van der Waals surface area contributed by atoms with Gasteiger partial charge in [0, 0.05) is 29.2 Å². The maximum absolute atomic E-state index is 13.5. The van der Waals surface area contributed by atoms with Gasteiger partial charge in [0.2, 0.25) is 0 Å². The summed E-state index contributed by atoms with van der Waals surface area (Å²) in [6.07, 6.45) is 1.71. The van der Waals surface area contributed by atoms with E-state index in [4.69, 9.17) is 4.98 Å². The summed E-state index contributed by atoms with van der Waals surface area (Å²) in [4.78, 5) is 27.2. The number of fused-ring (bicyclic) bond motifs is 1. The third-order valence-corrected chi connectivity index (χ3v) is 5.14. The molecule has 1 N–H and O–H groups in total. The minimum absolute atomic E-state index is 0.129. The van der Waals surface area contributed by atoms with Crippen LogP contribution in [-0.4, -0.2) is 40.4 Å². The summed E-state index contributed by atoms with van der Waals surface area (Å²) in [6, 6.07) is 5.67. The molecule has 32 heavy (non-hydrogen) atoms. The fourth-order valence-electron chi connectivity index (χ4n) is 3.63. The zero-order chi connectivity index (χ0) is 23.2. The highest BCUT2D eigenvalue weighted by molar-refractivity contribution is 6.11. The molecular formula is C23H28N8O. The molecule has 4 aromatic heterocycles. The van der Waals surface area contributed by atoms with Crippen LogP contribution < -0.4 is 5.32 Å². The molecule has 0 atom stereocenters. The number of hydrogen-bond donors (Lipinski definition) is 1. The van der Waals surface area contributed by atoms with Gasteiger partial charge in [-0.25, -0.2) is 19.6 Å². The average molecular weight is 433 g/mol. The molecule has 0 fully saturated rings. The summed E-state index contributed by atoms with van der Waals surface area (Å²) in [5.74, 6) is 0.831. The fourth-order valence-corrected chi connectivity index (χ4v) is 3.63. The van der Waals surface area contributed by atoms with E-state index in [1.54, 1.807) is 16.9 Å². The standard InChI is InChI=1S/C23H28N8O/c1-12(2)19-10-17(18-11-24-30(13(3)4)21(18)27-19)22(32)28-20-9-16(7)29-31(20)23-25-14(5)8-15(6)26-23/h8-13H,1-7H3,(H,28,32). The van der Waals surface area contributed by atoms with Crippen LogP contribution in [0.5, 0.6) is 0 Å². The van der Waals surface area contributed by atoms with Crippen molar-refractivity contribution >= 4 is 22.8 Å². The van der Waals surface area contributed by atoms with Crippen LogP contribution in [0.15, 0.2) is 24.4 Å². The lowest BCUT2D eigenvalue weighted by molar-refractivity contribution is 0.102. The van der Waals surface area contributed by atoms with Crippen molar-refractivity contribution in [1.82, 2.24) is 34.5 Å². The molecule has 4 rings (SSSR count). The zero-order valence-electron chi connectivity index (χ0n) is 19.5. The van der Waals surface area contributed by atoms with Crippen LogP contribution >= 0.6 is 0 Å². The van der Waals surface area contributed by atoms with Crippen molar-refractivity contribution in [3.8, 4) is 5.95 Å². The van der Waals surface area contributed by atoms with Crippen molar-refractivity contribution in [3.05, 3.63) is 52.7 Å². The van der Waals surface area contributed by atoms with E-state index in [1.807, 2.05) is 51.4 Å². The van der Waals surface area contributed by atoms with Crippen molar-refractivity contribution in [2.24, 2.45) is 0 Å². The van der Waals surface area contributed by atoms with Crippen LogP contribution in [-0.2, 0) is 0 Å². The lowest BCUT2D eigenvalue weighted by Gasteiger charge is -2.13. The number of aryl methyl sites for hydroxylation is 3. The molecule has 0 aromatic carbocycles. The number of carbonyl (C=O) groups is 1. The Bertz CT molecular complexity index is 1300. The van der Waals surface area contributed by atoms with E-state index in [-0.39, 0.29) is 17.9 Å². The van der Waals surface area contributed by atoms with Gasteiger partial charge >= 0.3 is 0 Å². The number of nitrogens with zero attached hydrogens (tertiary/aromatic N) is 7. The maximum Gasteiger partial charge on any atom is 0.257 e. The highest BCUT2D eigenvalue weighted by Gasteiger charge is 2.21. The van der Waals surface area contributed by atoms with E-state index in [9.17, 15) is 4.79 Å². The minimum Gasteiger partial charge on any atom is -0.306 e. The van der Waals surface area contributed by atoms with E-state index in [0.717, 1.165) is 22.8 Å². The van der Waals surface area contributed by atoms with E-state index < -0.39 is 0 Å². The van der Waals surface area contributed by atoms with Gasteiger partial charge in [0.05, 0.1) is 22.8 Å². The van der Waals surface area contributed by atoms with Gasteiger partial charge in [-0.05, 0) is 52.7 Å². The van der Waals surface area contributed by atoms with Crippen molar-refractivity contribution in [1.29, 1.82) is 0 Å². The first-order valence-electron chi connectivity index (χ1n) is 10.7. The second-order valence-corrected chi connectivity index (χ2v) is 8.66. The fraction of sp³-hybridized carbons (Fsp3) is 0.391. The first kappa shape index (κ1) is 21.6. The van der Waals surface area contributed by atoms with Crippen molar-refractivity contribution in [3.63, 3.8) is 0 Å². The Hall–Kier alpha value is -3.62. The van der Waals surface area contributed by atoms with Gasteiger partial charge in [0.1, 0.15) is 5.82 Å². The molecule has 0 saturated carbocycles. The number of aromatic nitrogens is 7. The Morgan fingerprint density at radius 3 is 2.25 bits per heavy atom. The maximum atomic E-state index is 13.5. The SMILES string of the molecule is Cc1cc(C)nc(-n2nc(C)cc2NC(=O)c2cc(C(C)C)nc3c2cnn3C(C)C)n1. The molecule has 0 unspecified atom stereocenters. The van der Waals surface area contributed by atoms with E-state index >= 15 is 0 Å². The quantitative estimate of drug-likeness (QED) is 0.505. The molecule has 0 bridgehead atoms. The number of amides is 1. The predicted octanol–water partition coefficient (Wildman–Crippen LogP) is 4.29. The molecule has 0 aliphatic heterocycles. The van der Waals surface area contributed by atoms with Crippen LogP contribution in [0.4, 0.5) is 5.82 Å². The Morgan fingerprint density at radius 2 is 1.62 bits per heavy atom. The molecule has 4 heterocycles. The van der Waals surface area contributed by atoms with Crippen LogP contribution in [0.25, 0.3) is 17.0 Å². The van der Waals surface area contributed by atoms with Crippen molar-refractivity contribution in [2.75, 3.05) is 5.32 Å². The zero-order valence-corrected chi connectivity index (χ0v) is 19.5. The molecule has 0 spiro atoms. The summed E-state index contributed by atoms with van der Waals surface area (Å²) >= 11 is 0. The van der Waals surface area contributed by atoms with Crippen LogP contribution in [0, 0.1) is 20.8 Å². The van der Waals surface area contributed by atoms with E-state index in [0.29, 0.717) is 28.4 Å². The number of carbonyl (C=O) groups excluding carboxylic acids is 1. The number of anilines is 1. The minimum atomic E-state index is -0.256. The molecule has 9 heteroatoms. The summed E-state index contributed by atoms with van der Waals surface area (Å²) in [5.41, 5.74) is 4.48. The second-order valence-electron chi connectivity index (χ2n) is 8.66. The van der Waals surface area contributed by atoms with Crippen LogP contribution in [0.1, 0.15) is 72.8 Å². The van der Waals surface area contributed by atoms with Gasteiger partial charge in [-0.1, -0.05) is 13.8 Å². The molecular weight excluding hydrogens is 404 g/mol. The molecule has 9 nitrogen and oxygen atoms in total. The normalized spacial score (nSPS) is 11.7. The number of hydrogen-bond acceptors (Lipinski definition) is 6. The first-order chi connectivity index (χ1) is 15.1. The van der Waals surface area contributed by atoms with Gasteiger partial charge in [-0.3, -0.25) is 4.79 Å². The molecule has 0 aliphatic carbocycles. The van der Waals surface area contributed by atoms with Gasteiger partial charge in [-0.2, -0.15) is 14.9 Å². The predicted molar refractivity (Wildman–Crippen MR) is 123 cm³/mol. The summed E-state index contributed by atoms with van der Waals surface area (Å²) in [7, 11) is 0. The largest absolute Gasteiger partial charge is 0.306 e. The molecule has 166 valence electrons. The Balaban J connectivity index is 1.79. The third kappa shape index (κ3) is 3.98. The summed E-state index contributed by atoms with van der Waals surface area (Å²) in [5, 5.41) is 12.7. The number of rotatable bonds is 5. The first-order valence-corrected chi connectivity index (χ1v) is 10.7. The third-order valence-electron chi connectivity index (χ3n) is 5.14. The lowest BCUT2D eigenvalue weighted by atomic mass is 10.0. The molecule has 4 aromatic rings. The Kier molecular flexibility index (Phi) is 5.50. The highest BCUT2D eigenvalue weighted by atomic mass is 16.1. The van der Waals surface area contributed by atoms with Crippen LogP contribution in [0.2, 0.25) is 0 Å². The topological polar surface area (TPSA) is 103 Å². The monoisotopic (exact) mass is 432 g/mol. The molecule has 1 amide bonds. The Labute approximate surface area is 186 Å². The lowest BCUT2D eigenvalue weighted by Crippen LogP contribution is -2.17. The smallest absolute Gasteiger partial charge is 0.257 e. The van der Waals surface area contributed by atoms with Crippen molar-refractivity contribution < 1.29 is 4.79 Å². The van der Waals surface area contributed by atoms with Crippen LogP contribution in [0.3, 0.4) is 0 Å². The van der Waals surface area contributed by atoms with Gasteiger partial charge in [0.15, 0.2) is 5.65 Å². The molecule has 0 aliphatic rings. The summed E-state index contributed by atoms with van der Waals surface area (Å²) < 4.78 is 3.41.